The fourth-order valence-electron chi connectivity index (χ4n) is 4.54. The predicted molar refractivity (Wildman–Crippen MR) is 113 cm³/mol. The first-order chi connectivity index (χ1) is 14.2. The van der Waals surface area contributed by atoms with E-state index in [-0.39, 0.29) is 23.7 Å². The van der Waals surface area contributed by atoms with E-state index in [0.717, 1.165) is 19.5 Å². The number of amides is 1. The van der Waals surface area contributed by atoms with E-state index in [9.17, 15) is 9.18 Å². The van der Waals surface area contributed by atoms with Crippen LogP contribution in [0.25, 0.3) is 0 Å². The molecular weight excluding hydrogens is 369 g/mol. The number of nitrogens with one attached hydrogen (secondary N) is 1. The van der Waals surface area contributed by atoms with Crippen LogP contribution in [0.15, 0.2) is 48.5 Å². The third-order valence-electron chi connectivity index (χ3n) is 5.98. The fraction of sp³-hybridized carbons (Fsp3) is 0.435. The lowest BCUT2D eigenvalue weighted by Crippen LogP contribution is -2.61. The molecule has 1 saturated heterocycles. The van der Waals surface area contributed by atoms with Gasteiger partial charge in [0.1, 0.15) is 5.82 Å². The molecule has 0 aliphatic carbocycles. The summed E-state index contributed by atoms with van der Waals surface area (Å²) in [5.74, 6) is -0.305. The molecule has 0 saturated carbocycles. The number of rotatable bonds is 6. The number of nitrogens with zero attached hydrogens (tertiary/aromatic N) is 2. The predicted octanol–water partition coefficient (Wildman–Crippen LogP) is 2.85. The number of ether oxygens (including phenoxy) is 1. The van der Waals surface area contributed by atoms with E-state index in [2.05, 4.69) is 27.2 Å². The Bertz CT molecular complexity index is 860. The maximum absolute atomic E-state index is 14.4. The van der Waals surface area contributed by atoms with Gasteiger partial charge in [-0.2, -0.15) is 0 Å². The van der Waals surface area contributed by atoms with Gasteiger partial charge in [0.25, 0.3) is 0 Å². The molecule has 0 spiro atoms. The number of piperazine rings is 1. The van der Waals surface area contributed by atoms with Gasteiger partial charge in [-0.25, -0.2) is 4.39 Å². The van der Waals surface area contributed by atoms with Crippen LogP contribution in [-0.2, 0) is 16.0 Å². The molecule has 0 bridgehead atoms. The lowest BCUT2D eigenvalue weighted by Gasteiger charge is -2.49. The molecule has 4 rings (SSSR count). The van der Waals surface area contributed by atoms with Gasteiger partial charge in [0.15, 0.2) is 0 Å². The molecule has 6 heteroatoms. The summed E-state index contributed by atoms with van der Waals surface area (Å²) in [4.78, 5) is 17.5. The van der Waals surface area contributed by atoms with Gasteiger partial charge >= 0.3 is 0 Å². The van der Waals surface area contributed by atoms with Gasteiger partial charge in [-0.1, -0.05) is 30.3 Å². The fourth-order valence-corrected chi connectivity index (χ4v) is 4.54. The Kier molecular flexibility index (Phi) is 6.00. The lowest BCUT2D eigenvalue weighted by atomic mass is 9.83. The third-order valence-corrected chi connectivity index (χ3v) is 5.98. The summed E-state index contributed by atoms with van der Waals surface area (Å²) < 4.78 is 19.5. The zero-order valence-electron chi connectivity index (χ0n) is 16.8. The zero-order valence-corrected chi connectivity index (χ0v) is 16.8. The van der Waals surface area contributed by atoms with E-state index < -0.39 is 0 Å². The van der Waals surface area contributed by atoms with Crippen LogP contribution in [0.2, 0.25) is 0 Å². The Labute approximate surface area is 171 Å². The highest BCUT2D eigenvalue weighted by atomic mass is 19.1. The normalized spacial score (nSPS) is 20.8. The van der Waals surface area contributed by atoms with E-state index in [1.165, 1.54) is 17.3 Å². The van der Waals surface area contributed by atoms with Crippen LogP contribution in [0.1, 0.15) is 12.0 Å². The second-order valence-electron chi connectivity index (χ2n) is 7.73. The second kappa shape index (κ2) is 8.82. The van der Waals surface area contributed by atoms with Crippen LogP contribution in [-0.4, -0.2) is 51.8 Å². The standard InChI is InChI=1S/C23H28FN3O2/c1-29-14-6-11-25-23(28)18-15-17-7-2-4-9-20(17)27-13-12-26(16-22(18)27)21-10-5-3-8-19(21)24/h2-5,7-10,18,22H,6,11-16H2,1H3,(H,25,28)/t18-,22+/m1/s1. The van der Waals surface area contributed by atoms with Crippen molar-refractivity contribution in [2.75, 3.05) is 49.7 Å². The molecule has 1 amide bonds. The molecule has 0 radical (unpaired) electrons. The number of fused-ring (bicyclic) bond motifs is 3. The first kappa shape index (κ1) is 19.7. The summed E-state index contributed by atoms with van der Waals surface area (Å²) >= 11 is 0. The maximum Gasteiger partial charge on any atom is 0.225 e. The number of carbonyl (C=O) groups is 1. The number of hydrogen-bond donors (Lipinski definition) is 1. The van der Waals surface area contributed by atoms with E-state index >= 15 is 0 Å². The molecule has 154 valence electrons. The quantitative estimate of drug-likeness (QED) is 0.762. The Morgan fingerprint density at radius 3 is 2.69 bits per heavy atom. The topological polar surface area (TPSA) is 44.8 Å². The van der Waals surface area contributed by atoms with Crippen LogP contribution in [0.4, 0.5) is 15.8 Å². The summed E-state index contributed by atoms with van der Waals surface area (Å²) in [6.45, 7) is 3.36. The molecule has 2 heterocycles. The molecule has 1 fully saturated rings. The summed E-state index contributed by atoms with van der Waals surface area (Å²) in [6.07, 6.45) is 1.50. The van der Waals surface area contributed by atoms with Crippen molar-refractivity contribution >= 4 is 17.3 Å². The second-order valence-corrected chi connectivity index (χ2v) is 7.73. The highest BCUT2D eigenvalue weighted by Gasteiger charge is 2.41. The molecule has 5 nitrogen and oxygen atoms in total. The summed E-state index contributed by atoms with van der Waals surface area (Å²) in [5, 5.41) is 3.08. The Morgan fingerprint density at radius 2 is 1.90 bits per heavy atom. The van der Waals surface area contributed by atoms with Crippen molar-refractivity contribution in [3.05, 3.63) is 59.9 Å². The molecular formula is C23H28FN3O2. The van der Waals surface area contributed by atoms with Gasteiger partial charge in [0, 0.05) is 45.6 Å². The minimum atomic E-state index is -0.210. The van der Waals surface area contributed by atoms with Crippen LogP contribution in [0.5, 0.6) is 0 Å². The molecule has 2 aliphatic heterocycles. The molecule has 2 aromatic carbocycles. The molecule has 0 aromatic heterocycles. The van der Waals surface area contributed by atoms with E-state index in [1.54, 1.807) is 13.2 Å². The summed E-state index contributed by atoms with van der Waals surface area (Å²) in [6, 6.07) is 15.2. The Balaban J connectivity index is 1.57. The third kappa shape index (κ3) is 4.08. The van der Waals surface area contributed by atoms with Crippen molar-refractivity contribution in [2.24, 2.45) is 5.92 Å². The molecule has 2 aliphatic rings. The molecule has 29 heavy (non-hydrogen) atoms. The number of anilines is 2. The number of benzene rings is 2. The monoisotopic (exact) mass is 397 g/mol. The molecule has 2 atom stereocenters. The van der Waals surface area contributed by atoms with Gasteiger partial charge in [-0.15, -0.1) is 0 Å². The van der Waals surface area contributed by atoms with Crippen molar-refractivity contribution in [3.8, 4) is 0 Å². The smallest absolute Gasteiger partial charge is 0.225 e. The largest absolute Gasteiger partial charge is 0.385 e. The highest BCUT2D eigenvalue weighted by Crippen LogP contribution is 2.37. The minimum absolute atomic E-state index is 0.0145. The van der Waals surface area contributed by atoms with Crippen molar-refractivity contribution < 1.29 is 13.9 Å². The van der Waals surface area contributed by atoms with Gasteiger partial charge < -0.3 is 19.9 Å². The lowest BCUT2D eigenvalue weighted by molar-refractivity contribution is -0.125. The minimum Gasteiger partial charge on any atom is -0.385 e. The highest BCUT2D eigenvalue weighted by molar-refractivity contribution is 5.82. The van der Waals surface area contributed by atoms with Crippen LogP contribution < -0.4 is 15.1 Å². The first-order valence-electron chi connectivity index (χ1n) is 10.3. The number of hydrogen-bond acceptors (Lipinski definition) is 4. The van der Waals surface area contributed by atoms with Gasteiger partial charge in [0.2, 0.25) is 5.91 Å². The zero-order chi connectivity index (χ0) is 20.2. The van der Waals surface area contributed by atoms with Crippen LogP contribution in [0, 0.1) is 11.7 Å². The van der Waals surface area contributed by atoms with E-state index in [1.807, 2.05) is 24.3 Å². The average Bonchev–Trinajstić information content (AvgIpc) is 2.76. The van der Waals surface area contributed by atoms with Crippen molar-refractivity contribution in [3.63, 3.8) is 0 Å². The first-order valence-corrected chi connectivity index (χ1v) is 10.3. The average molecular weight is 397 g/mol. The van der Waals surface area contributed by atoms with Crippen molar-refractivity contribution in [1.82, 2.24) is 5.32 Å². The number of para-hydroxylation sites is 2. The van der Waals surface area contributed by atoms with Crippen LogP contribution >= 0.6 is 0 Å². The number of methoxy groups -OCH3 is 1. The SMILES string of the molecule is COCCCNC(=O)[C@@H]1Cc2ccccc2N2CCN(c3ccccc3F)C[C@@H]12. The van der Waals surface area contributed by atoms with Gasteiger partial charge in [-0.05, 0) is 36.6 Å². The number of carbonyl (C=O) groups excluding carboxylic acids is 1. The Morgan fingerprint density at radius 1 is 1.14 bits per heavy atom. The summed E-state index contributed by atoms with van der Waals surface area (Å²) in [5.41, 5.74) is 3.03. The number of halogens is 1. The maximum atomic E-state index is 14.4. The Hall–Kier alpha value is -2.60. The van der Waals surface area contributed by atoms with Crippen molar-refractivity contribution in [1.29, 1.82) is 0 Å². The van der Waals surface area contributed by atoms with Crippen LogP contribution in [0.3, 0.4) is 0 Å². The van der Waals surface area contributed by atoms with Gasteiger partial charge in [-0.3, -0.25) is 4.79 Å². The molecule has 2 aromatic rings. The van der Waals surface area contributed by atoms with Crippen molar-refractivity contribution in [2.45, 2.75) is 18.9 Å². The van der Waals surface area contributed by atoms with Gasteiger partial charge in [0.05, 0.1) is 17.6 Å². The molecule has 1 N–H and O–H groups in total. The molecule has 0 unspecified atom stereocenters. The van der Waals surface area contributed by atoms with E-state index in [0.29, 0.717) is 31.8 Å². The summed E-state index contributed by atoms with van der Waals surface area (Å²) in [7, 11) is 1.66. The van der Waals surface area contributed by atoms with E-state index in [4.69, 9.17) is 4.74 Å².